The Hall–Kier alpha value is -2.37. The molecule has 5 aliphatic rings. The number of aromatic hydroxyl groups is 1. The van der Waals surface area contributed by atoms with E-state index in [1.165, 1.54) is 36.1 Å². The van der Waals surface area contributed by atoms with Crippen LogP contribution >= 0.6 is 0 Å². The molecule has 1 amide bonds. The number of rotatable bonds is 6. The molecule has 2 N–H and O–H groups in total. The van der Waals surface area contributed by atoms with Gasteiger partial charge in [-0.1, -0.05) is 36.4 Å². The first kappa shape index (κ1) is 21.9. The van der Waals surface area contributed by atoms with Crippen LogP contribution in [0.25, 0.3) is 0 Å². The molecule has 35 heavy (non-hydrogen) atoms. The number of nitrogens with one attached hydrogen (secondary N) is 1. The summed E-state index contributed by atoms with van der Waals surface area (Å²) in [6.45, 7) is 2.28. The average Bonchev–Trinajstić information content (AvgIpc) is 3.61. The molecule has 5 nitrogen and oxygen atoms in total. The van der Waals surface area contributed by atoms with Crippen LogP contribution in [0.5, 0.6) is 5.75 Å². The van der Waals surface area contributed by atoms with Crippen molar-refractivity contribution in [2.45, 2.75) is 87.0 Å². The molecule has 2 aliphatic carbocycles. The third-order valence-corrected chi connectivity index (χ3v) is 9.84. The zero-order valence-electron chi connectivity index (χ0n) is 20.4. The number of piperidine rings is 1. The summed E-state index contributed by atoms with van der Waals surface area (Å²) >= 11 is 0. The molecule has 5 heteroatoms. The number of hydrogen-bond acceptors (Lipinski definition) is 4. The quantitative estimate of drug-likeness (QED) is 0.664. The highest BCUT2D eigenvalue weighted by atomic mass is 16.5. The fourth-order valence-corrected chi connectivity index (χ4v) is 8.06. The van der Waals surface area contributed by atoms with Gasteiger partial charge in [-0.3, -0.25) is 9.69 Å². The lowest BCUT2D eigenvalue weighted by molar-refractivity contribution is -0.209. The molecule has 2 aromatic carbocycles. The first-order valence-electron chi connectivity index (χ1n) is 13.6. The van der Waals surface area contributed by atoms with Crippen molar-refractivity contribution in [3.05, 3.63) is 65.2 Å². The van der Waals surface area contributed by atoms with Gasteiger partial charge in [0, 0.05) is 24.4 Å². The van der Waals surface area contributed by atoms with E-state index in [0.717, 1.165) is 51.0 Å². The van der Waals surface area contributed by atoms with Crippen molar-refractivity contribution in [2.24, 2.45) is 5.92 Å². The van der Waals surface area contributed by atoms with Crippen LogP contribution in [0.4, 0.5) is 0 Å². The van der Waals surface area contributed by atoms with Gasteiger partial charge in [0.1, 0.15) is 5.75 Å². The molecule has 3 heterocycles. The molecule has 4 bridgehead atoms. The second-order valence-electron chi connectivity index (χ2n) is 11.8. The molecular formula is C30H36N2O3. The van der Waals surface area contributed by atoms with Gasteiger partial charge in [0.2, 0.25) is 5.91 Å². The van der Waals surface area contributed by atoms with Crippen molar-refractivity contribution in [3.63, 3.8) is 0 Å². The summed E-state index contributed by atoms with van der Waals surface area (Å²) in [5.74, 6) is 1.32. The zero-order chi connectivity index (χ0) is 23.6. The highest BCUT2D eigenvalue weighted by molar-refractivity contribution is 5.76. The van der Waals surface area contributed by atoms with Crippen molar-refractivity contribution in [3.8, 4) is 5.75 Å². The van der Waals surface area contributed by atoms with Crippen molar-refractivity contribution >= 4 is 5.91 Å². The molecule has 2 aromatic rings. The summed E-state index contributed by atoms with van der Waals surface area (Å²) < 4.78 is 7.11. The van der Waals surface area contributed by atoms with Crippen molar-refractivity contribution in [1.29, 1.82) is 0 Å². The van der Waals surface area contributed by atoms with Crippen LogP contribution < -0.4 is 5.32 Å². The minimum absolute atomic E-state index is 0.0258. The summed E-state index contributed by atoms with van der Waals surface area (Å²) in [6.07, 6.45) is 9.10. The number of hydrogen-bond donors (Lipinski definition) is 2. The van der Waals surface area contributed by atoms with Gasteiger partial charge in [-0.05, 0) is 92.7 Å². The third-order valence-electron chi connectivity index (χ3n) is 9.84. The Morgan fingerprint density at radius 3 is 2.80 bits per heavy atom. The topological polar surface area (TPSA) is 61.8 Å². The number of benzene rings is 2. The Morgan fingerprint density at radius 2 is 1.97 bits per heavy atom. The largest absolute Gasteiger partial charge is 0.508 e. The minimum atomic E-state index is -0.198. The number of fused-ring (bicyclic) bond motifs is 2. The van der Waals surface area contributed by atoms with Crippen molar-refractivity contribution < 1.29 is 14.6 Å². The van der Waals surface area contributed by atoms with E-state index in [0.29, 0.717) is 18.2 Å². The van der Waals surface area contributed by atoms with Gasteiger partial charge >= 0.3 is 0 Å². The summed E-state index contributed by atoms with van der Waals surface area (Å²) in [4.78, 5) is 15.8. The minimum Gasteiger partial charge on any atom is -0.508 e. The Morgan fingerprint density at radius 1 is 1.11 bits per heavy atom. The molecule has 5 atom stereocenters. The maximum Gasteiger partial charge on any atom is 0.220 e. The van der Waals surface area contributed by atoms with E-state index in [1.807, 2.05) is 30.3 Å². The summed E-state index contributed by atoms with van der Waals surface area (Å²) in [7, 11) is 0. The number of carbonyl (C=O) groups is 1. The lowest BCUT2D eigenvalue weighted by Crippen LogP contribution is -2.74. The van der Waals surface area contributed by atoms with E-state index in [-0.39, 0.29) is 29.1 Å². The highest BCUT2D eigenvalue weighted by Gasteiger charge is 2.70. The fraction of sp³-hybridized carbons (Fsp3) is 0.567. The molecule has 0 unspecified atom stereocenters. The van der Waals surface area contributed by atoms with E-state index in [2.05, 4.69) is 28.4 Å². The Balaban J connectivity index is 1.18. The molecule has 1 saturated carbocycles. The number of likely N-dealkylation sites (tertiary alicyclic amines) is 1. The number of phenolic OH excluding ortho intramolecular Hbond substituents is 1. The predicted octanol–water partition coefficient (Wildman–Crippen LogP) is 4.11. The van der Waals surface area contributed by atoms with E-state index in [1.54, 1.807) is 0 Å². The summed E-state index contributed by atoms with van der Waals surface area (Å²) in [6, 6.07) is 16.7. The highest BCUT2D eigenvalue weighted by Crippen LogP contribution is 2.63. The number of ether oxygens (including phenoxy) is 1. The predicted molar refractivity (Wildman–Crippen MR) is 134 cm³/mol. The molecule has 7 rings (SSSR count). The number of nitrogens with zero attached hydrogens (tertiary/aromatic N) is 1. The molecule has 3 aliphatic heterocycles. The SMILES string of the molecule is O=C(CCc1ccccc1)N[C@@H]1C[C@]23CCN(CC4CC4)[C@H](Cc4ccc(O)cc42)[C@]32CC[C@@H]1O2. The molecule has 0 radical (unpaired) electrons. The van der Waals surface area contributed by atoms with Gasteiger partial charge in [-0.2, -0.15) is 0 Å². The zero-order valence-corrected chi connectivity index (χ0v) is 20.4. The van der Waals surface area contributed by atoms with Crippen LogP contribution in [0.15, 0.2) is 48.5 Å². The fourth-order valence-electron chi connectivity index (χ4n) is 8.06. The smallest absolute Gasteiger partial charge is 0.220 e. The van der Waals surface area contributed by atoms with Crippen LogP contribution in [0.3, 0.4) is 0 Å². The standard InChI is InChI=1S/C30H36N2O3/c33-23-10-9-22-16-27-30-13-12-26(35-30)25(31-28(34)11-8-20-4-2-1-3-5-20)18-29(30,24(22)17-23)14-15-32(27)19-21-6-7-21/h1-5,9-10,17,21,25-27,33H,6-8,11-16,18-19H2,(H,31,34)/t25-,26+,27-,29-,30-/m1/s1. The summed E-state index contributed by atoms with van der Waals surface area (Å²) in [5, 5.41) is 13.9. The van der Waals surface area contributed by atoms with Crippen molar-refractivity contribution in [2.75, 3.05) is 13.1 Å². The van der Waals surface area contributed by atoms with Gasteiger partial charge in [0.15, 0.2) is 0 Å². The lowest BCUT2D eigenvalue weighted by Gasteiger charge is -2.65. The maximum atomic E-state index is 13.1. The van der Waals surface area contributed by atoms with Gasteiger partial charge in [0.05, 0.1) is 17.7 Å². The molecule has 0 aromatic heterocycles. The van der Waals surface area contributed by atoms with Crippen LogP contribution in [0, 0.1) is 5.92 Å². The van der Waals surface area contributed by atoms with Gasteiger partial charge in [0.25, 0.3) is 0 Å². The maximum absolute atomic E-state index is 13.1. The number of carbonyl (C=O) groups excluding carboxylic acids is 1. The first-order valence-corrected chi connectivity index (χ1v) is 13.6. The van der Waals surface area contributed by atoms with Gasteiger partial charge in [-0.15, -0.1) is 0 Å². The second kappa shape index (κ2) is 8.07. The number of amides is 1. The molecule has 1 spiro atoms. The second-order valence-corrected chi connectivity index (χ2v) is 11.8. The van der Waals surface area contributed by atoms with Crippen LogP contribution in [-0.4, -0.2) is 52.8 Å². The molecule has 3 saturated heterocycles. The molecular weight excluding hydrogens is 436 g/mol. The van der Waals surface area contributed by atoms with Crippen LogP contribution in [0.2, 0.25) is 0 Å². The Bertz CT molecular complexity index is 1130. The van der Waals surface area contributed by atoms with E-state index in [4.69, 9.17) is 4.74 Å². The monoisotopic (exact) mass is 472 g/mol. The lowest BCUT2D eigenvalue weighted by atomic mass is 9.51. The van der Waals surface area contributed by atoms with Gasteiger partial charge in [-0.25, -0.2) is 0 Å². The Labute approximate surface area is 207 Å². The third kappa shape index (κ3) is 3.46. The normalized spacial score (nSPS) is 35.3. The number of phenols is 1. The van der Waals surface area contributed by atoms with Crippen molar-refractivity contribution in [1.82, 2.24) is 10.2 Å². The average molecular weight is 473 g/mol. The van der Waals surface area contributed by atoms with E-state index >= 15 is 0 Å². The van der Waals surface area contributed by atoms with Gasteiger partial charge < -0.3 is 15.2 Å². The number of aryl methyl sites for hydroxylation is 1. The van der Waals surface area contributed by atoms with E-state index < -0.39 is 0 Å². The summed E-state index contributed by atoms with van der Waals surface area (Å²) in [5.41, 5.74) is 3.50. The molecule has 4 fully saturated rings. The van der Waals surface area contributed by atoms with Crippen LogP contribution in [-0.2, 0) is 27.8 Å². The van der Waals surface area contributed by atoms with Crippen LogP contribution in [0.1, 0.15) is 61.6 Å². The first-order chi connectivity index (χ1) is 17.1. The molecule has 184 valence electrons. The van der Waals surface area contributed by atoms with E-state index in [9.17, 15) is 9.90 Å². The Kier molecular flexibility index (Phi) is 5.05.